The third kappa shape index (κ3) is 2.27. The summed E-state index contributed by atoms with van der Waals surface area (Å²) in [5.74, 6) is 0. The van der Waals surface area contributed by atoms with Crippen LogP contribution in [-0.4, -0.2) is 4.98 Å². The van der Waals surface area contributed by atoms with E-state index in [-0.39, 0.29) is 0 Å². The molecule has 0 unspecified atom stereocenters. The minimum atomic E-state index is 0.952. The Hall–Kier alpha value is -1.54. The largest absolute Gasteiger partial charge is 0.358 e. The summed E-state index contributed by atoms with van der Waals surface area (Å²) in [5.41, 5.74) is 3.77. The Bertz CT molecular complexity index is 640. The molecule has 1 heterocycles. The molecule has 0 bridgehead atoms. The molecule has 0 aliphatic carbocycles. The third-order valence-corrected chi connectivity index (χ3v) is 3.37. The lowest BCUT2D eigenvalue weighted by Gasteiger charge is -1.97. The standard InChI is InChI=1S/C15H12BrN/c16-13-7-6-12-9-14(17-15(12)10-13)8-11-4-2-1-3-5-11/h1-7,9-10,17H,8H2. The van der Waals surface area contributed by atoms with Crippen molar-refractivity contribution in [1.29, 1.82) is 0 Å². The molecule has 1 N–H and O–H groups in total. The van der Waals surface area contributed by atoms with E-state index in [2.05, 4.69) is 69.4 Å². The van der Waals surface area contributed by atoms with Gasteiger partial charge >= 0.3 is 0 Å². The van der Waals surface area contributed by atoms with Crippen molar-refractivity contribution in [3.05, 3.63) is 70.3 Å². The van der Waals surface area contributed by atoms with Crippen LogP contribution in [0.15, 0.2) is 59.1 Å². The second kappa shape index (κ2) is 4.38. The van der Waals surface area contributed by atoms with Crippen LogP contribution in [0, 0.1) is 0 Å². The van der Waals surface area contributed by atoms with Gasteiger partial charge in [0.15, 0.2) is 0 Å². The summed E-state index contributed by atoms with van der Waals surface area (Å²) >= 11 is 3.49. The molecule has 0 amide bonds. The molecule has 0 saturated carbocycles. The number of rotatable bonds is 2. The fourth-order valence-corrected chi connectivity index (χ4v) is 2.43. The summed E-state index contributed by atoms with van der Waals surface area (Å²) in [7, 11) is 0. The molecule has 3 aromatic rings. The highest BCUT2D eigenvalue weighted by atomic mass is 79.9. The van der Waals surface area contributed by atoms with Gasteiger partial charge in [0, 0.05) is 22.1 Å². The average Bonchev–Trinajstić information content (AvgIpc) is 2.71. The van der Waals surface area contributed by atoms with Crippen LogP contribution in [0.5, 0.6) is 0 Å². The maximum Gasteiger partial charge on any atom is 0.0467 e. The SMILES string of the molecule is Brc1ccc2cc(Cc3ccccc3)[nH]c2c1. The summed E-state index contributed by atoms with van der Waals surface area (Å²) < 4.78 is 1.11. The first-order valence-corrected chi connectivity index (χ1v) is 6.42. The van der Waals surface area contributed by atoms with Gasteiger partial charge in [-0.05, 0) is 29.1 Å². The van der Waals surface area contributed by atoms with Crippen LogP contribution in [0.4, 0.5) is 0 Å². The minimum Gasteiger partial charge on any atom is -0.358 e. The first kappa shape index (κ1) is 10.6. The van der Waals surface area contributed by atoms with Crippen LogP contribution >= 0.6 is 15.9 Å². The van der Waals surface area contributed by atoms with Gasteiger partial charge in [-0.3, -0.25) is 0 Å². The van der Waals surface area contributed by atoms with Crippen molar-refractivity contribution in [2.75, 3.05) is 0 Å². The van der Waals surface area contributed by atoms with Gasteiger partial charge in [0.1, 0.15) is 0 Å². The van der Waals surface area contributed by atoms with Crippen LogP contribution in [0.25, 0.3) is 10.9 Å². The summed E-state index contributed by atoms with van der Waals surface area (Å²) in [6.07, 6.45) is 0.952. The molecule has 0 saturated heterocycles. The molecule has 0 radical (unpaired) electrons. The predicted octanol–water partition coefficient (Wildman–Crippen LogP) is 4.52. The van der Waals surface area contributed by atoms with E-state index in [4.69, 9.17) is 0 Å². The minimum absolute atomic E-state index is 0.952. The van der Waals surface area contributed by atoms with E-state index in [0.29, 0.717) is 0 Å². The lowest BCUT2D eigenvalue weighted by molar-refractivity contribution is 1.12. The first-order valence-electron chi connectivity index (χ1n) is 5.62. The smallest absolute Gasteiger partial charge is 0.0467 e. The van der Waals surface area contributed by atoms with Crippen LogP contribution in [-0.2, 0) is 6.42 Å². The molecule has 2 heteroatoms. The van der Waals surface area contributed by atoms with Gasteiger partial charge in [0.25, 0.3) is 0 Å². The van der Waals surface area contributed by atoms with Gasteiger partial charge in [0.2, 0.25) is 0 Å². The van der Waals surface area contributed by atoms with E-state index in [1.807, 2.05) is 6.07 Å². The second-order valence-corrected chi connectivity index (χ2v) is 5.10. The van der Waals surface area contributed by atoms with E-state index in [9.17, 15) is 0 Å². The molecule has 0 atom stereocenters. The van der Waals surface area contributed by atoms with E-state index < -0.39 is 0 Å². The Balaban J connectivity index is 1.96. The number of nitrogens with one attached hydrogen (secondary N) is 1. The quantitative estimate of drug-likeness (QED) is 0.713. The van der Waals surface area contributed by atoms with Gasteiger partial charge < -0.3 is 4.98 Å². The third-order valence-electron chi connectivity index (χ3n) is 2.88. The molecule has 84 valence electrons. The van der Waals surface area contributed by atoms with Crippen molar-refractivity contribution in [3.63, 3.8) is 0 Å². The van der Waals surface area contributed by atoms with Gasteiger partial charge in [0.05, 0.1) is 0 Å². The Morgan fingerprint density at radius 1 is 0.941 bits per heavy atom. The lowest BCUT2D eigenvalue weighted by atomic mass is 10.1. The molecule has 17 heavy (non-hydrogen) atoms. The molecule has 1 aromatic heterocycles. The highest BCUT2D eigenvalue weighted by Crippen LogP contribution is 2.21. The normalized spacial score (nSPS) is 10.9. The van der Waals surface area contributed by atoms with Crippen molar-refractivity contribution in [2.24, 2.45) is 0 Å². The fourth-order valence-electron chi connectivity index (χ4n) is 2.07. The maximum absolute atomic E-state index is 3.49. The molecule has 0 spiro atoms. The van der Waals surface area contributed by atoms with E-state index in [0.717, 1.165) is 10.9 Å². The van der Waals surface area contributed by atoms with E-state index in [1.54, 1.807) is 0 Å². The maximum atomic E-state index is 3.49. The van der Waals surface area contributed by atoms with Crippen LogP contribution in [0.2, 0.25) is 0 Å². The Labute approximate surface area is 109 Å². The van der Waals surface area contributed by atoms with Crippen molar-refractivity contribution in [2.45, 2.75) is 6.42 Å². The molecular weight excluding hydrogens is 274 g/mol. The molecule has 0 fully saturated rings. The monoisotopic (exact) mass is 285 g/mol. The van der Waals surface area contributed by atoms with E-state index >= 15 is 0 Å². The highest BCUT2D eigenvalue weighted by Gasteiger charge is 2.02. The predicted molar refractivity (Wildman–Crippen MR) is 75.2 cm³/mol. The zero-order valence-corrected chi connectivity index (χ0v) is 10.9. The average molecular weight is 286 g/mol. The molecular formula is C15H12BrN. The number of hydrogen-bond donors (Lipinski definition) is 1. The van der Waals surface area contributed by atoms with Crippen LogP contribution in [0.1, 0.15) is 11.3 Å². The van der Waals surface area contributed by atoms with E-state index in [1.165, 1.54) is 22.2 Å². The van der Waals surface area contributed by atoms with Gasteiger partial charge in [-0.2, -0.15) is 0 Å². The number of hydrogen-bond acceptors (Lipinski definition) is 0. The molecule has 0 aliphatic heterocycles. The summed E-state index contributed by atoms with van der Waals surface area (Å²) in [4.78, 5) is 3.45. The Kier molecular flexibility index (Phi) is 2.73. The molecule has 2 aromatic carbocycles. The number of aromatic nitrogens is 1. The van der Waals surface area contributed by atoms with Crippen LogP contribution < -0.4 is 0 Å². The van der Waals surface area contributed by atoms with Gasteiger partial charge in [-0.25, -0.2) is 0 Å². The topological polar surface area (TPSA) is 15.8 Å². The fraction of sp³-hybridized carbons (Fsp3) is 0.0667. The number of aromatic amines is 1. The lowest BCUT2D eigenvalue weighted by Crippen LogP contribution is -1.86. The van der Waals surface area contributed by atoms with Crippen molar-refractivity contribution >= 4 is 26.8 Å². The summed E-state index contributed by atoms with van der Waals surface area (Å²) in [6.45, 7) is 0. The van der Waals surface area contributed by atoms with Crippen LogP contribution in [0.3, 0.4) is 0 Å². The van der Waals surface area contributed by atoms with Gasteiger partial charge in [-0.1, -0.05) is 52.3 Å². The molecule has 3 rings (SSSR count). The number of H-pyrrole nitrogens is 1. The number of benzene rings is 2. The highest BCUT2D eigenvalue weighted by molar-refractivity contribution is 9.10. The second-order valence-electron chi connectivity index (χ2n) is 4.19. The number of fused-ring (bicyclic) bond motifs is 1. The van der Waals surface area contributed by atoms with Crippen molar-refractivity contribution < 1.29 is 0 Å². The first-order chi connectivity index (χ1) is 8.31. The Morgan fingerprint density at radius 3 is 2.59 bits per heavy atom. The Morgan fingerprint density at radius 2 is 1.76 bits per heavy atom. The number of halogens is 1. The van der Waals surface area contributed by atoms with Gasteiger partial charge in [-0.15, -0.1) is 0 Å². The summed E-state index contributed by atoms with van der Waals surface area (Å²) in [5, 5.41) is 1.26. The molecule has 1 nitrogen and oxygen atoms in total. The molecule has 0 aliphatic rings. The van der Waals surface area contributed by atoms with Crippen molar-refractivity contribution in [3.8, 4) is 0 Å². The van der Waals surface area contributed by atoms with Crippen molar-refractivity contribution in [1.82, 2.24) is 4.98 Å². The zero-order chi connectivity index (χ0) is 11.7. The summed E-state index contributed by atoms with van der Waals surface area (Å²) in [6, 6.07) is 19.0. The zero-order valence-electron chi connectivity index (χ0n) is 9.28.